The van der Waals surface area contributed by atoms with Gasteiger partial charge in [0.15, 0.2) is 0 Å². The van der Waals surface area contributed by atoms with Crippen molar-refractivity contribution in [1.82, 2.24) is 20.4 Å². The average Bonchev–Trinajstić information content (AvgIpc) is 2.66. The maximum absolute atomic E-state index is 12.6. The fourth-order valence-corrected chi connectivity index (χ4v) is 3.90. The highest BCUT2D eigenvalue weighted by Crippen LogP contribution is 2.09. The smallest absolute Gasteiger partial charge is 0.262 e. The van der Waals surface area contributed by atoms with Crippen LogP contribution >= 0.6 is 0 Å². The molecule has 156 valence electrons. The molecule has 2 rings (SSSR count). The van der Waals surface area contributed by atoms with Gasteiger partial charge in [-0.2, -0.15) is 4.31 Å². The molecule has 0 spiro atoms. The summed E-state index contributed by atoms with van der Waals surface area (Å²) in [5.41, 5.74) is 2.28. The standard InChI is InChI=1S/C18H28N4O5S/c1-18(2,3)27-21-17(24)15-13-22(11-9-19-15)28(25,26)12-10-20-16(23)14-7-5-4-6-8-14/h4-8,15,19H,9-13H2,1-3H3,(H,20,23)(H,21,24)/t15-/m1/s1. The van der Waals surface area contributed by atoms with Crippen molar-refractivity contribution < 1.29 is 22.8 Å². The summed E-state index contributed by atoms with van der Waals surface area (Å²) in [5.74, 6) is -0.988. The molecule has 3 N–H and O–H groups in total. The van der Waals surface area contributed by atoms with Crippen LogP contribution in [0.5, 0.6) is 0 Å². The minimum Gasteiger partial charge on any atom is -0.351 e. The topological polar surface area (TPSA) is 117 Å². The average molecular weight is 413 g/mol. The number of hydrogen-bond donors (Lipinski definition) is 3. The molecule has 0 aromatic heterocycles. The van der Waals surface area contributed by atoms with Crippen molar-refractivity contribution in [3.63, 3.8) is 0 Å². The van der Waals surface area contributed by atoms with E-state index in [1.54, 1.807) is 51.1 Å². The van der Waals surface area contributed by atoms with E-state index in [0.29, 0.717) is 12.1 Å². The van der Waals surface area contributed by atoms with Crippen molar-refractivity contribution in [1.29, 1.82) is 0 Å². The molecule has 2 amide bonds. The lowest BCUT2D eigenvalue weighted by atomic mass is 10.2. The third-order valence-corrected chi connectivity index (χ3v) is 5.83. The Morgan fingerprint density at radius 1 is 1.25 bits per heavy atom. The van der Waals surface area contributed by atoms with Crippen molar-refractivity contribution >= 4 is 21.8 Å². The van der Waals surface area contributed by atoms with Gasteiger partial charge >= 0.3 is 0 Å². The molecule has 1 aromatic rings. The first kappa shape index (κ1) is 22.3. The number of carbonyl (C=O) groups excluding carboxylic acids is 2. The predicted octanol–water partition coefficient (Wildman–Crippen LogP) is -0.134. The Kier molecular flexibility index (Phi) is 7.53. The van der Waals surface area contributed by atoms with E-state index in [0.717, 1.165) is 0 Å². The molecule has 0 saturated carbocycles. The van der Waals surface area contributed by atoms with Crippen LogP contribution in [0.3, 0.4) is 0 Å². The minimum absolute atomic E-state index is 0.00824. The van der Waals surface area contributed by atoms with E-state index in [1.807, 2.05) is 0 Å². The number of sulfonamides is 1. The number of hydrogen-bond acceptors (Lipinski definition) is 6. The highest BCUT2D eigenvalue weighted by atomic mass is 32.2. The normalized spacial score (nSPS) is 18.5. The maximum atomic E-state index is 12.6. The third kappa shape index (κ3) is 6.86. The summed E-state index contributed by atoms with van der Waals surface area (Å²) < 4.78 is 26.4. The molecule has 1 aromatic carbocycles. The van der Waals surface area contributed by atoms with E-state index in [2.05, 4.69) is 16.1 Å². The Morgan fingerprint density at radius 3 is 2.57 bits per heavy atom. The van der Waals surface area contributed by atoms with Gasteiger partial charge < -0.3 is 10.6 Å². The molecular formula is C18H28N4O5S. The summed E-state index contributed by atoms with van der Waals surface area (Å²) in [4.78, 5) is 29.4. The largest absolute Gasteiger partial charge is 0.351 e. The molecule has 1 saturated heterocycles. The molecule has 0 unspecified atom stereocenters. The Hall–Kier alpha value is -2.01. The summed E-state index contributed by atoms with van der Waals surface area (Å²) in [6, 6.07) is 7.88. The van der Waals surface area contributed by atoms with Gasteiger partial charge in [0.1, 0.15) is 6.04 Å². The molecule has 1 fully saturated rings. The Labute approximate surface area is 165 Å². The number of rotatable bonds is 7. The van der Waals surface area contributed by atoms with Gasteiger partial charge in [-0.3, -0.25) is 14.4 Å². The first-order valence-corrected chi connectivity index (χ1v) is 10.7. The lowest BCUT2D eigenvalue weighted by molar-refractivity contribution is -0.148. The van der Waals surface area contributed by atoms with Crippen LogP contribution < -0.4 is 16.1 Å². The molecule has 10 heteroatoms. The third-order valence-electron chi connectivity index (χ3n) is 3.99. The maximum Gasteiger partial charge on any atom is 0.262 e. The fourth-order valence-electron chi connectivity index (χ4n) is 2.54. The summed E-state index contributed by atoms with van der Waals surface area (Å²) in [6.45, 7) is 5.99. The van der Waals surface area contributed by atoms with Gasteiger partial charge in [0.25, 0.3) is 11.8 Å². The zero-order valence-electron chi connectivity index (χ0n) is 16.4. The van der Waals surface area contributed by atoms with E-state index < -0.39 is 27.6 Å². The van der Waals surface area contributed by atoms with Gasteiger partial charge in [-0.1, -0.05) is 18.2 Å². The molecule has 1 aliphatic heterocycles. The number of nitrogens with zero attached hydrogens (tertiary/aromatic N) is 1. The first-order chi connectivity index (χ1) is 13.1. The molecule has 0 bridgehead atoms. The van der Waals surface area contributed by atoms with Gasteiger partial charge in [0.05, 0.1) is 11.4 Å². The van der Waals surface area contributed by atoms with E-state index >= 15 is 0 Å². The van der Waals surface area contributed by atoms with Crippen molar-refractivity contribution in [3.8, 4) is 0 Å². The number of amides is 2. The molecule has 0 radical (unpaired) electrons. The van der Waals surface area contributed by atoms with Crippen molar-refractivity contribution in [2.24, 2.45) is 0 Å². The molecular weight excluding hydrogens is 384 g/mol. The van der Waals surface area contributed by atoms with Crippen molar-refractivity contribution in [3.05, 3.63) is 35.9 Å². The minimum atomic E-state index is -3.61. The Bertz CT molecular complexity index is 777. The molecule has 28 heavy (non-hydrogen) atoms. The molecule has 9 nitrogen and oxygen atoms in total. The summed E-state index contributed by atoms with van der Waals surface area (Å²) in [7, 11) is -3.61. The first-order valence-electron chi connectivity index (χ1n) is 9.11. The van der Waals surface area contributed by atoms with Gasteiger partial charge in [0.2, 0.25) is 10.0 Å². The zero-order chi connectivity index (χ0) is 20.8. The Balaban J connectivity index is 1.85. The number of hydroxylamine groups is 1. The van der Waals surface area contributed by atoms with Crippen LogP contribution in [0.1, 0.15) is 31.1 Å². The van der Waals surface area contributed by atoms with Crippen LogP contribution in [0.2, 0.25) is 0 Å². The molecule has 0 aliphatic carbocycles. The van der Waals surface area contributed by atoms with Crippen molar-refractivity contribution in [2.45, 2.75) is 32.4 Å². The second-order valence-corrected chi connectivity index (χ2v) is 9.57. The number of nitrogens with one attached hydrogen (secondary N) is 3. The van der Waals surface area contributed by atoms with Crippen LogP contribution in [-0.4, -0.2) is 68.1 Å². The summed E-state index contributed by atoms with van der Waals surface area (Å²) in [6.07, 6.45) is 0. The monoisotopic (exact) mass is 412 g/mol. The fraction of sp³-hybridized carbons (Fsp3) is 0.556. The lowest BCUT2D eigenvalue weighted by Gasteiger charge is -2.32. The van der Waals surface area contributed by atoms with Crippen LogP contribution in [0.15, 0.2) is 30.3 Å². The van der Waals surface area contributed by atoms with E-state index in [9.17, 15) is 18.0 Å². The molecule has 1 aliphatic rings. The van der Waals surface area contributed by atoms with Crippen LogP contribution in [0.25, 0.3) is 0 Å². The van der Waals surface area contributed by atoms with Gasteiger partial charge in [-0.25, -0.2) is 13.9 Å². The van der Waals surface area contributed by atoms with Crippen LogP contribution in [-0.2, 0) is 19.7 Å². The second-order valence-electron chi connectivity index (χ2n) is 7.48. The Morgan fingerprint density at radius 2 is 1.93 bits per heavy atom. The quantitative estimate of drug-likeness (QED) is 0.537. The van der Waals surface area contributed by atoms with E-state index in [1.165, 1.54) is 4.31 Å². The SMILES string of the molecule is CC(C)(C)ONC(=O)[C@H]1CN(S(=O)(=O)CCNC(=O)c2ccccc2)CCN1. The molecule has 1 heterocycles. The number of piperazine rings is 1. The number of carbonyl (C=O) groups is 2. The summed E-state index contributed by atoms with van der Waals surface area (Å²) in [5, 5.41) is 5.59. The van der Waals surface area contributed by atoms with Crippen LogP contribution in [0.4, 0.5) is 0 Å². The highest BCUT2D eigenvalue weighted by molar-refractivity contribution is 7.89. The zero-order valence-corrected chi connectivity index (χ0v) is 17.2. The number of benzene rings is 1. The van der Waals surface area contributed by atoms with Gasteiger partial charge in [0, 0.05) is 31.7 Å². The second kappa shape index (κ2) is 9.46. The summed E-state index contributed by atoms with van der Waals surface area (Å²) >= 11 is 0. The molecule has 1 atom stereocenters. The van der Waals surface area contributed by atoms with Gasteiger partial charge in [-0.15, -0.1) is 0 Å². The van der Waals surface area contributed by atoms with Crippen LogP contribution in [0, 0.1) is 0 Å². The lowest BCUT2D eigenvalue weighted by Crippen LogP contribution is -2.59. The van der Waals surface area contributed by atoms with E-state index in [4.69, 9.17) is 4.84 Å². The predicted molar refractivity (Wildman–Crippen MR) is 105 cm³/mol. The van der Waals surface area contributed by atoms with Crippen molar-refractivity contribution in [2.75, 3.05) is 31.9 Å². The van der Waals surface area contributed by atoms with Gasteiger partial charge in [-0.05, 0) is 32.9 Å². The van der Waals surface area contributed by atoms with E-state index in [-0.39, 0.29) is 31.3 Å². The highest BCUT2D eigenvalue weighted by Gasteiger charge is 2.32.